The highest BCUT2D eigenvalue weighted by Crippen LogP contribution is 2.22. The molecule has 1 aliphatic rings. The zero-order valence-electron chi connectivity index (χ0n) is 15.1. The second-order valence-corrected chi connectivity index (χ2v) is 8.31. The molecule has 0 bridgehead atoms. The molecule has 3 amide bonds. The molecular weight excluding hydrogens is 370 g/mol. The van der Waals surface area contributed by atoms with Crippen LogP contribution in [0.15, 0.2) is 17.1 Å². The molecular formula is C18H21N3O3S2. The number of likely N-dealkylation sites (tertiary alicyclic amines) is 1. The summed E-state index contributed by atoms with van der Waals surface area (Å²) in [5, 5.41) is 0. The number of amides is 3. The average Bonchev–Trinajstić information content (AvgIpc) is 3.07. The Bertz CT molecular complexity index is 942. The van der Waals surface area contributed by atoms with Crippen LogP contribution >= 0.6 is 23.1 Å². The van der Waals surface area contributed by atoms with Gasteiger partial charge in [0.15, 0.2) is 4.80 Å². The van der Waals surface area contributed by atoms with Crippen molar-refractivity contribution in [3.8, 4) is 0 Å². The number of aryl methyl sites for hydroxylation is 3. The Balaban J connectivity index is 1.99. The predicted octanol–water partition coefficient (Wildman–Crippen LogP) is 2.26. The summed E-state index contributed by atoms with van der Waals surface area (Å²) in [5.74, 6) is -0.150. The fourth-order valence-corrected chi connectivity index (χ4v) is 4.40. The van der Waals surface area contributed by atoms with Gasteiger partial charge in [-0.2, -0.15) is 16.8 Å². The Morgan fingerprint density at radius 3 is 2.50 bits per heavy atom. The molecule has 0 atom stereocenters. The minimum Gasteiger partial charge on any atom is -0.316 e. The second kappa shape index (κ2) is 7.75. The third-order valence-electron chi connectivity index (χ3n) is 4.49. The maximum Gasteiger partial charge on any atom is 0.268 e. The van der Waals surface area contributed by atoms with Gasteiger partial charge in [0, 0.05) is 25.1 Å². The van der Waals surface area contributed by atoms with Crippen LogP contribution in [-0.4, -0.2) is 45.7 Å². The standard InChI is InChI=1S/C18H21N3O3S2/c1-11-8-13-14(9-12(11)2)26-18(20(13)6-7-25-3)19-15(22)10-21-16(23)4-5-17(21)24/h8-9H,4-7,10H2,1-3H3. The molecule has 0 radical (unpaired) electrons. The lowest BCUT2D eigenvalue weighted by molar-refractivity contribution is -0.141. The summed E-state index contributed by atoms with van der Waals surface area (Å²) in [5.41, 5.74) is 3.45. The molecule has 138 valence electrons. The van der Waals surface area contributed by atoms with E-state index in [0.29, 0.717) is 4.80 Å². The highest BCUT2D eigenvalue weighted by molar-refractivity contribution is 7.98. The molecule has 0 N–H and O–H groups in total. The number of rotatable bonds is 5. The Hall–Kier alpha value is -1.93. The van der Waals surface area contributed by atoms with Crippen molar-refractivity contribution in [2.24, 2.45) is 4.99 Å². The van der Waals surface area contributed by atoms with Crippen molar-refractivity contribution in [3.63, 3.8) is 0 Å². The fraction of sp³-hybridized carbons (Fsp3) is 0.444. The molecule has 3 rings (SSSR count). The Morgan fingerprint density at radius 2 is 1.85 bits per heavy atom. The van der Waals surface area contributed by atoms with Crippen LogP contribution in [0.1, 0.15) is 24.0 Å². The number of thiazole rings is 1. The third kappa shape index (κ3) is 3.76. The van der Waals surface area contributed by atoms with Crippen molar-refractivity contribution < 1.29 is 14.4 Å². The van der Waals surface area contributed by atoms with Crippen molar-refractivity contribution in [2.45, 2.75) is 33.2 Å². The van der Waals surface area contributed by atoms with Crippen LogP contribution in [0.5, 0.6) is 0 Å². The van der Waals surface area contributed by atoms with Gasteiger partial charge in [0.2, 0.25) is 11.8 Å². The van der Waals surface area contributed by atoms with Gasteiger partial charge in [0.05, 0.1) is 10.2 Å². The first kappa shape index (κ1) is 18.8. The van der Waals surface area contributed by atoms with Crippen LogP contribution < -0.4 is 4.80 Å². The molecule has 26 heavy (non-hydrogen) atoms. The van der Waals surface area contributed by atoms with E-state index in [1.165, 1.54) is 22.5 Å². The molecule has 0 aliphatic carbocycles. The van der Waals surface area contributed by atoms with E-state index >= 15 is 0 Å². The third-order valence-corrected chi connectivity index (χ3v) is 6.12. The molecule has 0 saturated carbocycles. The van der Waals surface area contributed by atoms with E-state index < -0.39 is 5.91 Å². The molecule has 2 aromatic rings. The quantitative estimate of drug-likeness (QED) is 0.733. The van der Waals surface area contributed by atoms with E-state index in [4.69, 9.17) is 0 Å². The minimum absolute atomic E-state index is 0.182. The van der Waals surface area contributed by atoms with E-state index in [1.807, 2.05) is 6.26 Å². The highest BCUT2D eigenvalue weighted by Gasteiger charge is 2.30. The monoisotopic (exact) mass is 391 g/mol. The summed E-state index contributed by atoms with van der Waals surface area (Å²) in [6, 6.07) is 4.24. The summed E-state index contributed by atoms with van der Waals surface area (Å²) < 4.78 is 3.13. The molecule has 1 aliphatic heterocycles. The number of hydrogen-bond donors (Lipinski definition) is 0. The number of fused-ring (bicyclic) bond motifs is 1. The van der Waals surface area contributed by atoms with Gasteiger partial charge in [0.25, 0.3) is 5.91 Å². The van der Waals surface area contributed by atoms with Gasteiger partial charge in [-0.3, -0.25) is 19.3 Å². The number of benzene rings is 1. The highest BCUT2D eigenvalue weighted by atomic mass is 32.2. The molecule has 1 aromatic heterocycles. The van der Waals surface area contributed by atoms with Crippen molar-refractivity contribution >= 4 is 51.0 Å². The van der Waals surface area contributed by atoms with Crippen LogP contribution in [0.3, 0.4) is 0 Å². The van der Waals surface area contributed by atoms with Crippen LogP contribution in [0.2, 0.25) is 0 Å². The number of imide groups is 1. The minimum atomic E-state index is -0.466. The molecule has 1 saturated heterocycles. The molecule has 1 aromatic carbocycles. The van der Waals surface area contributed by atoms with E-state index in [9.17, 15) is 14.4 Å². The lowest BCUT2D eigenvalue weighted by atomic mass is 10.1. The lowest BCUT2D eigenvalue weighted by Gasteiger charge is -2.10. The predicted molar refractivity (Wildman–Crippen MR) is 104 cm³/mol. The molecule has 6 nitrogen and oxygen atoms in total. The van der Waals surface area contributed by atoms with Gasteiger partial charge in [-0.15, -0.1) is 0 Å². The average molecular weight is 392 g/mol. The van der Waals surface area contributed by atoms with Gasteiger partial charge in [-0.05, 0) is 43.4 Å². The zero-order chi connectivity index (χ0) is 18.8. The van der Waals surface area contributed by atoms with Crippen LogP contribution in [-0.2, 0) is 20.9 Å². The number of carbonyl (C=O) groups excluding carboxylic acids is 3. The number of nitrogens with zero attached hydrogens (tertiary/aromatic N) is 3. The summed E-state index contributed by atoms with van der Waals surface area (Å²) in [6.45, 7) is 4.61. The summed E-state index contributed by atoms with van der Waals surface area (Å²) in [6.07, 6.45) is 2.40. The number of carbonyl (C=O) groups is 3. The number of thioether (sulfide) groups is 1. The Morgan fingerprint density at radius 1 is 1.19 bits per heavy atom. The first-order valence-corrected chi connectivity index (χ1v) is 10.6. The van der Waals surface area contributed by atoms with Crippen molar-refractivity contribution in [3.05, 3.63) is 28.1 Å². The van der Waals surface area contributed by atoms with Crippen molar-refractivity contribution in [2.75, 3.05) is 18.6 Å². The van der Waals surface area contributed by atoms with E-state index in [0.717, 1.165) is 27.4 Å². The molecule has 2 heterocycles. The van der Waals surface area contributed by atoms with Gasteiger partial charge >= 0.3 is 0 Å². The maximum absolute atomic E-state index is 12.4. The molecule has 8 heteroatoms. The summed E-state index contributed by atoms with van der Waals surface area (Å²) >= 11 is 3.19. The van der Waals surface area contributed by atoms with Crippen LogP contribution in [0.25, 0.3) is 10.2 Å². The SMILES string of the molecule is CSCCn1c(=NC(=O)CN2C(=O)CCC2=O)sc2cc(C)c(C)cc21. The van der Waals surface area contributed by atoms with Gasteiger partial charge in [-0.1, -0.05) is 11.3 Å². The van der Waals surface area contributed by atoms with Crippen molar-refractivity contribution in [1.82, 2.24) is 9.47 Å². The second-order valence-electron chi connectivity index (χ2n) is 6.31. The van der Waals surface area contributed by atoms with Gasteiger partial charge in [0.1, 0.15) is 6.54 Å². The van der Waals surface area contributed by atoms with E-state index in [-0.39, 0.29) is 31.2 Å². The topological polar surface area (TPSA) is 71.7 Å². The first-order chi connectivity index (χ1) is 12.4. The van der Waals surface area contributed by atoms with Gasteiger partial charge < -0.3 is 4.57 Å². The first-order valence-electron chi connectivity index (χ1n) is 8.41. The summed E-state index contributed by atoms with van der Waals surface area (Å²) in [7, 11) is 0. The van der Waals surface area contributed by atoms with Crippen molar-refractivity contribution in [1.29, 1.82) is 0 Å². The zero-order valence-corrected chi connectivity index (χ0v) is 16.7. The normalized spacial score (nSPS) is 15.5. The Labute approximate surface area is 159 Å². The number of hydrogen-bond acceptors (Lipinski definition) is 5. The van der Waals surface area contributed by atoms with Crippen LogP contribution in [0.4, 0.5) is 0 Å². The fourth-order valence-electron chi connectivity index (χ4n) is 2.88. The van der Waals surface area contributed by atoms with E-state index in [1.54, 1.807) is 11.8 Å². The largest absolute Gasteiger partial charge is 0.316 e. The smallest absolute Gasteiger partial charge is 0.268 e. The lowest BCUT2D eigenvalue weighted by Crippen LogP contribution is -2.34. The van der Waals surface area contributed by atoms with Gasteiger partial charge in [-0.25, -0.2) is 0 Å². The maximum atomic E-state index is 12.4. The molecule has 0 unspecified atom stereocenters. The number of aromatic nitrogens is 1. The molecule has 1 fully saturated rings. The van der Waals surface area contributed by atoms with Crippen LogP contribution in [0, 0.1) is 13.8 Å². The van der Waals surface area contributed by atoms with E-state index in [2.05, 4.69) is 35.5 Å². The summed E-state index contributed by atoms with van der Waals surface area (Å²) in [4.78, 5) is 41.6. The Kier molecular flexibility index (Phi) is 5.62. The molecule has 0 spiro atoms.